The fourth-order valence-electron chi connectivity index (χ4n) is 3.37. The predicted molar refractivity (Wildman–Crippen MR) is 88.5 cm³/mol. The van der Waals surface area contributed by atoms with Crippen LogP contribution in [-0.4, -0.2) is 31.1 Å². The molecular weight excluding hydrogens is 260 g/mol. The number of likely N-dealkylation sites (tertiary alicyclic amines) is 1. The van der Waals surface area contributed by atoms with Gasteiger partial charge in [-0.3, -0.25) is 4.90 Å². The summed E-state index contributed by atoms with van der Waals surface area (Å²) in [6, 6.07) is 8.93. The van der Waals surface area contributed by atoms with Gasteiger partial charge in [-0.05, 0) is 48.9 Å². The number of hydrogen-bond acceptors (Lipinski definition) is 3. The molecule has 1 fully saturated rings. The summed E-state index contributed by atoms with van der Waals surface area (Å²) < 4.78 is 5.26. The van der Waals surface area contributed by atoms with Crippen molar-refractivity contribution in [1.82, 2.24) is 4.90 Å². The van der Waals surface area contributed by atoms with Crippen LogP contribution in [-0.2, 0) is 0 Å². The van der Waals surface area contributed by atoms with Gasteiger partial charge in [-0.1, -0.05) is 32.9 Å². The Balaban J connectivity index is 2.18. The van der Waals surface area contributed by atoms with Crippen LogP contribution in [0, 0.1) is 11.8 Å². The third-order valence-corrected chi connectivity index (χ3v) is 4.93. The summed E-state index contributed by atoms with van der Waals surface area (Å²) in [6.45, 7) is 9.17. The maximum absolute atomic E-state index is 6.45. The van der Waals surface area contributed by atoms with Crippen molar-refractivity contribution in [2.75, 3.05) is 20.2 Å². The number of methoxy groups -OCH3 is 1. The highest BCUT2D eigenvalue weighted by molar-refractivity contribution is 5.30. The maximum Gasteiger partial charge on any atom is 0.118 e. The second-order valence-corrected chi connectivity index (χ2v) is 6.58. The second kappa shape index (κ2) is 7.28. The Morgan fingerprint density at radius 2 is 1.95 bits per heavy atom. The molecule has 2 N–H and O–H groups in total. The molecule has 1 saturated heterocycles. The Bertz CT molecular complexity index is 429. The van der Waals surface area contributed by atoms with E-state index in [4.69, 9.17) is 10.5 Å². The highest BCUT2D eigenvalue weighted by Gasteiger charge is 2.33. The minimum atomic E-state index is 0.185. The van der Waals surface area contributed by atoms with Crippen LogP contribution >= 0.6 is 0 Å². The monoisotopic (exact) mass is 290 g/mol. The highest BCUT2D eigenvalue weighted by atomic mass is 16.5. The smallest absolute Gasteiger partial charge is 0.118 e. The van der Waals surface area contributed by atoms with Gasteiger partial charge in [-0.15, -0.1) is 0 Å². The van der Waals surface area contributed by atoms with Crippen LogP contribution in [0.5, 0.6) is 5.75 Å². The van der Waals surface area contributed by atoms with Crippen LogP contribution in [0.3, 0.4) is 0 Å². The molecule has 3 atom stereocenters. The normalized spacial score (nSPS) is 22.5. The molecule has 0 aliphatic carbocycles. The van der Waals surface area contributed by atoms with Crippen molar-refractivity contribution in [1.29, 1.82) is 0 Å². The molecule has 3 nitrogen and oxygen atoms in total. The summed E-state index contributed by atoms with van der Waals surface area (Å²) >= 11 is 0. The van der Waals surface area contributed by atoms with E-state index in [-0.39, 0.29) is 6.04 Å². The van der Waals surface area contributed by atoms with Crippen molar-refractivity contribution < 1.29 is 4.74 Å². The zero-order valence-electron chi connectivity index (χ0n) is 13.9. The third-order valence-electron chi connectivity index (χ3n) is 4.93. The Morgan fingerprint density at radius 1 is 1.29 bits per heavy atom. The van der Waals surface area contributed by atoms with Crippen LogP contribution in [0.4, 0.5) is 0 Å². The van der Waals surface area contributed by atoms with E-state index in [2.05, 4.69) is 37.8 Å². The highest BCUT2D eigenvalue weighted by Crippen LogP contribution is 2.33. The van der Waals surface area contributed by atoms with Crippen LogP contribution in [0.25, 0.3) is 0 Å². The van der Waals surface area contributed by atoms with E-state index in [0.717, 1.165) is 30.6 Å². The summed E-state index contributed by atoms with van der Waals surface area (Å²) in [5.74, 6) is 2.46. The van der Waals surface area contributed by atoms with E-state index < -0.39 is 0 Å². The molecule has 1 aromatic carbocycles. The van der Waals surface area contributed by atoms with E-state index in [1.807, 2.05) is 12.1 Å². The summed E-state index contributed by atoms with van der Waals surface area (Å²) in [4.78, 5) is 2.58. The zero-order valence-corrected chi connectivity index (χ0v) is 13.9. The average Bonchev–Trinajstić information content (AvgIpc) is 2.97. The van der Waals surface area contributed by atoms with Crippen LogP contribution < -0.4 is 10.5 Å². The Hall–Kier alpha value is -1.06. The molecule has 3 heteroatoms. The van der Waals surface area contributed by atoms with E-state index >= 15 is 0 Å². The van der Waals surface area contributed by atoms with Gasteiger partial charge in [0, 0.05) is 18.6 Å². The van der Waals surface area contributed by atoms with Crippen molar-refractivity contribution in [2.24, 2.45) is 17.6 Å². The molecule has 21 heavy (non-hydrogen) atoms. The van der Waals surface area contributed by atoms with Crippen LogP contribution in [0.2, 0.25) is 0 Å². The van der Waals surface area contributed by atoms with Gasteiger partial charge in [0.05, 0.1) is 7.11 Å². The molecule has 1 aromatic rings. The van der Waals surface area contributed by atoms with Gasteiger partial charge in [-0.25, -0.2) is 0 Å². The number of nitrogens with two attached hydrogens (primary N) is 1. The first-order chi connectivity index (χ1) is 10.1. The lowest BCUT2D eigenvalue weighted by molar-refractivity contribution is 0.195. The van der Waals surface area contributed by atoms with E-state index in [9.17, 15) is 0 Å². The lowest BCUT2D eigenvalue weighted by atomic mass is 9.94. The number of rotatable bonds is 6. The van der Waals surface area contributed by atoms with Gasteiger partial charge < -0.3 is 10.5 Å². The van der Waals surface area contributed by atoms with Crippen molar-refractivity contribution in [3.63, 3.8) is 0 Å². The first-order valence-electron chi connectivity index (χ1n) is 8.20. The van der Waals surface area contributed by atoms with E-state index in [1.54, 1.807) is 7.11 Å². The molecule has 1 aliphatic rings. The van der Waals surface area contributed by atoms with E-state index in [0.29, 0.717) is 6.04 Å². The average molecular weight is 290 g/mol. The number of ether oxygens (including phenoxy) is 1. The molecule has 0 saturated carbocycles. The quantitative estimate of drug-likeness (QED) is 0.872. The van der Waals surface area contributed by atoms with Gasteiger partial charge >= 0.3 is 0 Å². The van der Waals surface area contributed by atoms with Crippen LogP contribution in [0.15, 0.2) is 24.3 Å². The molecule has 118 valence electrons. The molecule has 0 bridgehead atoms. The molecular formula is C18H30N2O. The third kappa shape index (κ3) is 3.78. The number of nitrogens with zero attached hydrogens (tertiary/aromatic N) is 1. The summed E-state index contributed by atoms with van der Waals surface area (Å²) in [5.41, 5.74) is 7.76. The van der Waals surface area contributed by atoms with Crippen molar-refractivity contribution in [3.8, 4) is 5.75 Å². The van der Waals surface area contributed by atoms with Gasteiger partial charge in [0.2, 0.25) is 0 Å². The van der Waals surface area contributed by atoms with Crippen LogP contribution in [0.1, 0.15) is 45.2 Å². The zero-order chi connectivity index (χ0) is 15.4. The summed E-state index contributed by atoms with van der Waals surface area (Å²) in [5, 5.41) is 0. The molecule has 1 heterocycles. The standard InChI is InChI=1S/C18H30N2O/c1-5-17(19)18(14-6-8-16(21-4)9-7-14)20-11-10-15(12-20)13(2)3/h6-9,13,15,17-18H,5,10-12,19H2,1-4H3. The Labute approximate surface area is 129 Å². The molecule has 0 amide bonds. The lowest BCUT2D eigenvalue weighted by Crippen LogP contribution is -2.40. The van der Waals surface area contributed by atoms with Crippen molar-refractivity contribution in [3.05, 3.63) is 29.8 Å². The lowest BCUT2D eigenvalue weighted by Gasteiger charge is -2.33. The molecule has 0 aromatic heterocycles. The first-order valence-corrected chi connectivity index (χ1v) is 8.20. The first kappa shape index (κ1) is 16.3. The van der Waals surface area contributed by atoms with Crippen molar-refractivity contribution >= 4 is 0 Å². The van der Waals surface area contributed by atoms with Gasteiger partial charge in [0.15, 0.2) is 0 Å². The Morgan fingerprint density at radius 3 is 2.43 bits per heavy atom. The molecule has 0 radical (unpaired) electrons. The fourth-order valence-corrected chi connectivity index (χ4v) is 3.37. The van der Waals surface area contributed by atoms with E-state index in [1.165, 1.54) is 18.5 Å². The predicted octanol–water partition coefficient (Wildman–Crippen LogP) is 3.45. The SMILES string of the molecule is CCC(N)C(c1ccc(OC)cc1)N1CCC(C(C)C)C1. The van der Waals surface area contributed by atoms with Gasteiger partial charge in [0.25, 0.3) is 0 Å². The number of benzene rings is 1. The molecule has 2 rings (SSSR count). The summed E-state index contributed by atoms with van der Waals surface area (Å²) in [6.07, 6.45) is 2.29. The largest absolute Gasteiger partial charge is 0.497 e. The molecule has 1 aliphatic heterocycles. The number of hydrogen-bond donors (Lipinski definition) is 1. The minimum Gasteiger partial charge on any atom is -0.497 e. The topological polar surface area (TPSA) is 38.5 Å². The van der Waals surface area contributed by atoms with Gasteiger partial charge in [-0.2, -0.15) is 0 Å². The van der Waals surface area contributed by atoms with Crippen molar-refractivity contribution in [2.45, 2.75) is 45.7 Å². The Kier molecular flexibility index (Phi) is 5.65. The molecule has 3 unspecified atom stereocenters. The summed E-state index contributed by atoms with van der Waals surface area (Å²) in [7, 11) is 1.71. The van der Waals surface area contributed by atoms with Gasteiger partial charge in [0.1, 0.15) is 5.75 Å². The minimum absolute atomic E-state index is 0.185. The second-order valence-electron chi connectivity index (χ2n) is 6.58. The fraction of sp³-hybridized carbons (Fsp3) is 0.667. The maximum atomic E-state index is 6.45. The molecule has 0 spiro atoms.